The van der Waals surface area contributed by atoms with E-state index in [1.54, 1.807) is 0 Å². The van der Waals surface area contributed by atoms with Crippen LogP contribution in [-0.4, -0.2) is 11.2 Å². The number of benzene rings is 1. The van der Waals surface area contributed by atoms with Gasteiger partial charge < -0.3 is 0 Å². The first-order valence-corrected chi connectivity index (χ1v) is 7.64. The normalized spacial score (nSPS) is 12.6. The minimum Gasteiger partial charge on any atom is -0.283 e. The van der Waals surface area contributed by atoms with Gasteiger partial charge in [0.1, 0.15) is 0 Å². The van der Waals surface area contributed by atoms with Gasteiger partial charge in [-0.2, -0.15) is 0 Å². The predicted molar refractivity (Wildman–Crippen MR) is 89.9 cm³/mol. The van der Waals surface area contributed by atoms with E-state index in [1.807, 2.05) is 0 Å². The van der Waals surface area contributed by atoms with Gasteiger partial charge in [-0.25, -0.2) is 0 Å². The summed E-state index contributed by atoms with van der Waals surface area (Å²) in [6.07, 6.45) is 8.82. The fourth-order valence-corrected chi connectivity index (χ4v) is 2.60. The van der Waals surface area contributed by atoms with Crippen LogP contribution in [0.4, 0.5) is 0 Å². The summed E-state index contributed by atoms with van der Waals surface area (Å²) in [6.45, 7) is 8.56. The summed E-state index contributed by atoms with van der Waals surface area (Å²) in [4.78, 5) is 0. The molecule has 1 unspecified atom stereocenters. The molecular formula is C17H26NP. The van der Waals surface area contributed by atoms with Crippen LogP contribution in [0.15, 0.2) is 42.5 Å². The molecule has 0 fully saturated rings. The Balaban J connectivity index is 2.89. The fraction of sp³-hybridized carbons (Fsp3) is 0.412. The number of hydrogen-bond donors (Lipinski definition) is 0. The van der Waals surface area contributed by atoms with Crippen molar-refractivity contribution in [2.45, 2.75) is 40.2 Å². The molecule has 0 aliphatic heterocycles. The second-order valence-electron chi connectivity index (χ2n) is 4.74. The van der Waals surface area contributed by atoms with Gasteiger partial charge in [-0.1, -0.05) is 59.7 Å². The van der Waals surface area contributed by atoms with E-state index in [1.165, 1.54) is 23.1 Å². The zero-order valence-corrected chi connectivity index (χ0v) is 13.5. The molecule has 0 amide bonds. The summed E-state index contributed by atoms with van der Waals surface area (Å²) in [5, 5.41) is 0. The molecule has 1 nitrogen and oxygen atoms in total. The molecule has 0 N–H and O–H groups in total. The molecule has 0 radical (unpaired) electrons. The monoisotopic (exact) mass is 275 g/mol. The zero-order valence-electron chi connectivity index (χ0n) is 12.4. The minimum absolute atomic E-state index is 0.988. The van der Waals surface area contributed by atoms with Crippen molar-refractivity contribution in [3.05, 3.63) is 53.6 Å². The van der Waals surface area contributed by atoms with Gasteiger partial charge in [0.2, 0.25) is 0 Å². The van der Waals surface area contributed by atoms with Gasteiger partial charge >= 0.3 is 0 Å². The molecule has 0 heterocycles. The van der Waals surface area contributed by atoms with Crippen LogP contribution in [-0.2, 0) is 6.54 Å². The molecule has 0 spiro atoms. The molecule has 0 saturated heterocycles. The first-order valence-electron chi connectivity index (χ1n) is 7.13. The Kier molecular flexibility index (Phi) is 7.70. The maximum absolute atomic E-state index is 2.82. The van der Waals surface area contributed by atoms with E-state index in [9.17, 15) is 0 Å². The third-order valence-corrected chi connectivity index (χ3v) is 3.37. The zero-order chi connectivity index (χ0) is 14.1. The van der Waals surface area contributed by atoms with Crippen molar-refractivity contribution in [3.8, 4) is 0 Å². The lowest BCUT2D eigenvalue weighted by molar-refractivity contribution is 0.464. The third kappa shape index (κ3) is 5.72. The second kappa shape index (κ2) is 9.07. The molecule has 104 valence electrons. The average Bonchev–Trinajstić information content (AvgIpc) is 2.39. The maximum atomic E-state index is 2.82. The standard InChI is InChI=1S/C17H26NP/c1-4-8-16(9-5-2)17-11-7-10-15(13-17)14-18(19)12-6-3/h4,7-11,13H,5-6,12,14,19H2,1-3H3/b8-4-,16-9+. The van der Waals surface area contributed by atoms with Crippen molar-refractivity contribution in [1.82, 2.24) is 4.67 Å². The first-order chi connectivity index (χ1) is 9.21. The van der Waals surface area contributed by atoms with Gasteiger partial charge in [-0.05, 0) is 42.5 Å². The molecule has 1 aromatic carbocycles. The van der Waals surface area contributed by atoms with Gasteiger partial charge in [-0.3, -0.25) is 4.67 Å². The average molecular weight is 275 g/mol. The molecule has 19 heavy (non-hydrogen) atoms. The Morgan fingerprint density at radius 2 is 2.11 bits per heavy atom. The molecule has 0 saturated carbocycles. The molecule has 1 rings (SSSR count). The Hall–Kier alpha value is -0.910. The van der Waals surface area contributed by atoms with Crippen LogP contribution in [0.1, 0.15) is 44.7 Å². The summed E-state index contributed by atoms with van der Waals surface area (Å²) in [5.41, 5.74) is 4.00. The molecule has 0 aromatic heterocycles. The van der Waals surface area contributed by atoms with Crippen molar-refractivity contribution in [1.29, 1.82) is 0 Å². The van der Waals surface area contributed by atoms with Crippen LogP contribution in [0.5, 0.6) is 0 Å². The van der Waals surface area contributed by atoms with Crippen LogP contribution < -0.4 is 0 Å². The number of hydrogen-bond acceptors (Lipinski definition) is 1. The molecule has 0 aliphatic carbocycles. The molecule has 1 aromatic rings. The number of allylic oxidation sites excluding steroid dienone is 4. The van der Waals surface area contributed by atoms with Crippen LogP contribution in [0, 0.1) is 0 Å². The highest BCUT2D eigenvalue weighted by Gasteiger charge is 2.02. The van der Waals surface area contributed by atoms with Crippen molar-refractivity contribution >= 4 is 15.0 Å². The van der Waals surface area contributed by atoms with Crippen LogP contribution in [0.2, 0.25) is 0 Å². The van der Waals surface area contributed by atoms with Crippen molar-refractivity contribution < 1.29 is 0 Å². The van der Waals surface area contributed by atoms with Gasteiger partial charge in [0.05, 0.1) is 0 Å². The summed E-state index contributed by atoms with van der Waals surface area (Å²) in [5.74, 6) is 0. The second-order valence-corrected chi connectivity index (χ2v) is 5.47. The van der Waals surface area contributed by atoms with E-state index in [-0.39, 0.29) is 0 Å². The van der Waals surface area contributed by atoms with Gasteiger partial charge in [0.15, 0.2) is 0 Å². The summed E-state index contributed by atoms with van der Waals surface area (Å²) >= 11 is 0. The maximum Gasteiger partial charge on any atom is 0.0267 e. The van der Waals surface area contributed by atoms with Crippen molar-refractivity contribution in [2.24, 2.45) is 0 Å². The van der Waals surface area contributed by atoms with Crippen LogP contribution in [0.25, 0.3) is 5.57 Å². The topological polar surface area (TPSA) is 3.24 Å². The third-order valence-electron chi connectivity index (χ3n) is 2.93. The van der Waals surface area contributed by atoms with E-state index in [0.29, 0.717) is 0 Å². The van der Waals surface area contributed by atoms with E-state index in [2.05, 4.69) is 77.3 Å². The number of nitrogens with zero attached hydrogens (tertiary/aromatic N) is 1. The Labute approximate surface area is 120 Å². The lowest BCUT2D eigenvalue weighted by Crippen LogP contribution is -2.11. The van der Waals surface area contributed by atoms with E-state index in [0.717, 1.165) is 19.5 Å². The van der Waals surface area contributed by atoms with E-state index < -0.39 is 0 Å². The highest BCUT2D eigenvalue weighted by molar-refractivity contribution is 7.13. The van der Waals surface area contributed by atoms with Gasteiger partial charge in [-0.15, -0.1) is 0 Å². The highest BCUT2D eigenvalue weighted by Crippen LogP contribution is 2.20. The van der Waals surface area contributed by atoms with Crippen molar-refractivity contribution in [2.75, 3.05) is 6.54 Å². The Morgan fingerprint density at radius 1 is 1.32 bits per heavy atom. The van der Waals surface area contributed by atoms with Crippen LogP contribution >= 0.6 is 9.39 Å². The predicted octanol–water partition coefficient (Wildman–Crippen LogP) is 5.06. The van der Waals surface area contributed by atoms with E-state index >= 15 is 0 Å². The first kappa shape index (κ1) is 16.1. The van der Waals surface area contributed by atoms with E-state index in [4.69, 9.17) is 0 Å². The fourth-order valence-electron chi connectivity index (χ4n) is 2.13. The molecule has 0 aliphatic rings. The van der Waals surface area contributed by atoms with Gasteiger partial charge in [0, 0.05) is 13.1 Å². The quantitative estimate of drug-likeness (QED) is 0.496. The lowest BCUT2D eigenvalue weighted by atomic mass is 10.0. The van der Waals surface area contributed by atoms with Crippen molar-refractivity contribution in [3.63, 3.8) is 0 Å². The Morgan fingerprint density at radius 3 is 2.74 bits per heavy atom. The lowest BCUT2D eigenvalue weighted by Gasteiger charge is -2.15. The molecular weight excluding hydrogens is 249 g/mol. The minimum atomic E-state index is 0.988. The summed E-state index contributed by atoms with van der Waals surface area (Å²) < 4.78 is 2.29. The highest BCUT2D eigenvalue weighted by atomic mass is 31.0. The van der Waals surface area contributed by atoms with Gasteiger partial charge in [0.25, 0.3) is 0 Å². The molecule has 1 atom stereocenters. The SMILES string of the molecule is C/C=C\C(=C/CC)c1cccc(CN(P)CCC)c1. The molecule has 0 bridgehead atoms. The Bertz CT molecular complexity index is 435. The number of rotatable bonds is 7. The smallest absolute Gasteiger partial charge is 0.0267 e. The largest absolute Gasteiger partial charge is 0.283 e. The summed E-state index contributed by atoms with van der Waals surface area (Å²) in [6, 6.07) is 8.85. The van der Waals surface area contributed by atoms with Crippen LogP contribution in [0.3, 0.4) is 0 Å². The summed E-state index contributed by atoms with van der Waals surface area (Å²) in [7, 11) is 2.82. The molecule has 2 heteroatoms.